The van der Waals surface area contributed by atoms with Gasteiger partial charge in [0.05, 0.1) is 38.7 Å². The van der Waals surface area contributed by atoms with Crippen molar-refractivity contribution >= 4 is 5.90 Å². The maximum atomic E-state index is 13.8. The predicted molar refractivity (Wildman–Crippen MR) is 127 cm³/mol. The molecule has 0 bridgehead atoms. The molecule has 2 unspecified atom stereocenters. The van der Waals surface area contributed by atoms with Gasteiger partial charge in [0.2, 0.25) is 0 Å². The van der Waals surface area contributed by atoms with Crippen LogP contribution in [0.2, 0.25) is 0 Å². The molecule has 2 atom stereocenters. The molecule has 0 amide bonds. The average molecular weight is 465 g/mol. The molecule has 0 spiro atoms. The molecule has 4 nitrogen and oxygen atoms in total. The van der Waals surface area contributed by atoms with E-state index in [1.54, 1.807) is 0 Å². The van der Waals surface area contributed by atoms with Crippen molar-refractivity contribution in [3.05, 3.63) is 102 Å². The predicted octanol–water partition coefficient (Wildman–Crippen LogP) is 4.52. The van der Waals surface area contributed by atoms with E-state index in [1.807, 2.05) is 60.7 Å². The number of likely N-dealkylation sites (tertiary alicyclic amines) is 1. The van der Waals surface area contributed by atoms with E-state index in [0.717, 1.165) is 37.2 Å². The summed E-state index contributed by atoms with van der Waals surface area (Å²) in [4.78, 5) is 0. The molecule has 3 aromatic rings. The topological polar surface area (TPSA) is 56.1 Å². The normalized spacial score (nSPS) is 20.3. The van der Waals surface area contributed by atoms with Crippen molar-refractivity contribution in [3.8, 4) is 5.75 Å². The van der Waals surface area contributed by atoms with Crippen molar-refractivity contribution in [1.29, 1.82) is 5.41 Å². The van der Waals surface area contributed by atoms with Crippen LogP contribution in [0.15, 0.2) is 78.9 Å². The molecule has 0 aliphatic carbocycles. The quantitative estimate of drug-likeness (QED) is 0.219. The van der Waals surface area contributed by atoms with Crippen LogP contribution < -0.4 is 9.84 Å². The van der Waals surface area contributed by atoms with Gasteiger partial charge in [0, 0.05) is 18.8 Å². The minimum absolute atomic E-state index is 0.0442. The van der Waals surface area contributed by atoms with Gasteiger partial charge in [0.15, 0.2) is 17.4 Å². The molecular weight excluding hydrogens is 434 g/mol. The molecule has 1 aliphatic rings. The van der Waals surface area contributed by atoms with Crippen LogP contribution in [0, 0.1) is 23.0 Å². The molecule has 0 aromatic heterocycles. The highest BCUT2D eigenvalue weighted by molar-refractivity contribution is 5.87. The second-order valence-corrected chi connectivity index (χ2v) is 9.36. The molecule has 178 valence electrons. The molecule has 4 rings (SSSR count). The lowest BCUT2D eigenvalue weighted by molar-refractivity contribution is -0.899. The fourth-order valence-corrected chi connectivity index (χ4v) is 5.47. The van der Waals surface area contributed by atoms with Gasteiger partial charge in [-0.1, -0.05) is 66.7 Å². The molecule has 0 saturated carbocycles. The Balaban J connectivity index is 1.52. The van der Waals surface area contributed by atoms with Gasteiger partial charge in [-0.2, -0.15) is 0 Å². The molecule has 3 aromatic carbocycles. The number of nitrogens with zero attached hydrogens (tertiary/aromatic N) is 1. The number of benzene rings is 3. The van der Waals surface area contributed by atoms with E-state index < -0.39 is 22.9 Å². The third-order valence-electron chi connectivity index (χ3n) is 7.11. The molecule has 34 heavy (non-hydrogen) atoms. The first-order chi connectivity index (χ1) is 16.4. The first kappa shape index (κ1) is 23.9. The van der Waals surface area contributed by atoms with Gasteiger partial charge in [0.1, 0.15) is 0 Å². The lowest BCUT2D eigenvalue weighted by atomic mass is 9.65. The number of hydrogen-bond acceptors (Lipinski definition) is 3. The third kappa shape index (κ3) is 4.55. The van der Waals surface area contributed by atoms with Gasteiger partial charge in [-0.15, -0.1) is 0 Å². The Morgan fingerprint density at radius 2 is 1.53 bits per heavy atom. The monoisotopic (exact) mass is 464 g/mol. The molecule has 1 saturated heterocycles. The first-order valence-electron chi connectivity index (χ1n) is 11.6. The van der Waals surface area contributed by atoms with Gasteiger partial charge in [-0.05, 0) is 29.2 Å². The van der Waals surface area contributed by atoms with E-state index in [1.165, 1.54) is 18.2 Å². The zero-order valence-electron chi connectivity index (χ0n) is 19.3. The van der Waals surface area contributed by atoms with Crippen LogP contribution in [0.5, 0.6) is 5.75 Å². The Morgan fingerprint density at radius 1 is 0.971 bits per heavy atom. The number of ether oxygens (including phenoxy) is 1. The van der Waals surface area contributed by atoms with E-state index >= 15 is 0 Å². The number of quaternary nitrogens is 1. The van der Waals surface area contributed by atoms with E-state index in [9.17, 15) is 13.9 Å². The van der Waals surface area contributed by atoms with Gasteiger partial charge >= 0.3 is 0 Å². The Bertz CT molecular complexity index is 1060. The number of nitrogens with one attached hydrogen (secondary N) is 1. The summed E-state index contributed by atoms with van der Waals surface area (Å²) < 4.78 is 33.7. The summed E-state index contributed by atoms with van der Waals surface area (Å²) in [6.07, 6.45) is 1.42. The summed E-state index contributed by atoms with van der Waals surface area (Å²) in [7, 11) is 2.14. The summed E-state index contributed by atoms with van der Waals surface area (Å²) in [5, 5.41) is 21.5. The maximum absolute atomic E-state index is 13.8. The van der Waals surface area contributed by atoms with Crippen molar-refractivity contribution in [2.24, 2.45) is 5.92 Å². The highest BCUT2D eigenvalue weighted by atomic mass is 19.1. The Morgan fingerprint density at radius 3 is 2.06 bits per heavy atom. The Kier molecular flexibility index (Phi) is 6.98. The van der Waals surface area contributed by atoms with Crippen molar-refractivity contribution < 1.29 is 23.1 Å². The molecular formula is C28H30F2N2O2. The maximum Gasteiger partial charge on any atom is 0.190 e. The van der Waals surface area contributed by atoms with E-state index in [4.69, 9.17) is 10.1 Å². The summed E-state index contributed by atoms with van der Waals surface area (Å²) in [6, 6.07) is 22.9. The van der Waals surface area contributed by atoms with Gasteiger partial charge in [-0.3, -0.25) is 0 Å². The lowest BCUT2D eigenvalue weighted by Gasteiger charge is -2.43. The Labute approximate surface area is 199 Å². The number of para-hydroxylation sites is 1. The lowest BCUT2D eigenvalue weighted by Crippen LogP contribution is -2.52. The molecule has 1 aliphatic heterocycles. The van der Waals surface area contributed by atoms with Crippen LogP contribution in [0.1, 0.15) is 24.0 Å². The minimum atomic E-state index is -1.04. The van der Waals surface area contributed by atoms with Crippen molar-refractivity contribution in [1.82, 2.24) is 0 Å². The van der Waals surface area contributed by atoms with Gasteiger partial charge in [-0.25, -0.2) is 8.78 Å². The van der Waals surface area contributed by atoms with Crippen LogP contribution in [-0.2, 0) is 5.41 Å². The highest BCUT2D eigenvalue weighted by Gasteiger charge is 2.49. The summed E-state index contributed by atoms with van der Waals surface area (Å²) in [5.41, 5.74) is 0.654. The largest absolute Gasteiger partial charge is 0.861 e. The third-order valence-corrected chi connectivity index (χ3v) is 7.11. The molecule has 1 fully saturated rings. The molecule has 1 N–H and O–H groups in total. The minimum Gasteiger partial charge on any atom is -0.861 e. The van der Waals surface area contributed by atoms with E-state index in [0.29, 0.717) is 10.9 Å². The van der Waals surface area contributed by atoms with Crippen LogP contribution >= 0.6 is 0 Å². The van der Waals surface area contributed by atoms with Crippen LogP contribution in [0.4, 0.5) is 8.78 Å². The zero-order valence-corrected chi connectivity index (χ0v) is 19.3. The summed E-state index contributed by atoms with van der Waals surface area (Å²) in [6.45, 7) is 2.53. The van der Waals surface area contributed by atoms with Crippen molar-refractivity contribution in [3.63, 3.8) is 0 Å². The van der Waals surface area contributed by atoms with Crippen molar-refractivity contribution in [2.45, 2.75) is 18.3 Å². The van der Waals surface area contributed by atoms with Crippen LogP contribution in [-0.4, -0.2) is 43.7 Å². The van der Waals surface area contributed by atoms with Gasteiger partial charge < -0.3 is 19.7 Å². The second-order valence-electron chi connectivity index (χ2n) is 9.36. The zero-order chi connectivity index (χ0) is 24.2. The number of rotatable bonds is 9. The fourth-order valence-electron chi connectivity index (χ4n) is 5.47. The summed E-state index contributed by atoms with van der Waals surface area (Å²) in [5.74, 6) is -2.38. The first-order valence-corrected chi connectivity index (χ1v) is 11.6. The second kappa shape index (κ2) is 9.94. The van der Waals surface area contributed by atoms with E-state index in [-0.39, 0.29) is 18.3 Å². The van der Waals surface area contributed by atoms with Gasteiger partial charge in [0.25, 0.3) is 0 Å². The highest BCUT2D eigenvalue weighted by Crippen LogP contribution is 2.45. The average Bonchev–Trinajstić information content (AvgIpc) is 3.22. The standard InChI is InChI=1S/C28H30F2N2O2/c1-32(17-9-19-34-26-24(29)14-8-15-25(26)30)18-16-23(20-32)28(27(31)33,21-10-4-2-5-11-21)22-12-6-3-7-13-22/h2-8,10-15,23H,9,16-20H2,1H3,(H-,31,33). The molecule has 6 heteroatoms. The number of hydrogen-bond donors (Lipinski definition) is 1. The Hall–Kier alpha value is -3.25. The number of halogens is 2. The smallest absolute Gasteiger partial charge is 0.190 e. The fraction of sp³-hybridized carbons (Fsp3) is 0.321. The van der Waals surface area contributed by atoms with Crippen molar-refractivity contribution in [2.75, 3.05) is 33.3 Å². The SMILES string of the molecule is C[N+]1(CCCOc2c(F)cccc2F)CCC(C(C(=N)[O-])(c2ccccc2)c2ccccc2)C1. The van der Waals surface area contributed by atoms with Crippen LogP contribution in [0.25, 0.3) is 0 Å². The van der Waals surface area contributed by atoms with Crippen LogP contribution in [0.3, 0.4) is 0 Å². The summed E-state index contributed by atoms with van der Waals surface area (Å²) >= 11 is 0. The van der Waals surface area contributed by atoms with E-state index in [2.05, 4.69) is 7.05 Å². The molecule has 0 radical (unpaired) electrons. The molecule has 1 heterocycles.